The second-order valence-corrected chi connectivity index (χ2v) is 5.46. The molecular weight excluding hydrogens is 218 g/mol. The molecule has 0 aromatic carbocycles. The van der Waals surface area contributed by atoms with Crippen molar-refractivity contribution < 1.29 is 14.3 Å². The van der Waals surface area contributed by atoms with Gasteiger partial charge in [-0.3, -0.25) is 0 Å². The van der Waals surface area contributed by atoms with Gasteiger partial charge in [0.25, 0.3) is 0 Å². The SMILES string of the molecule is CCOCC(C)CCN(C)C(=O)OC(C)(C)C. The summed E-state index contributed by atoms with van der Waals surface area (Å²) in [5.41, 5.74) is -0.428. The van der Waals surface area contributed by atoms with Crippen molar-refractivity contribution in [2.75, 3.05) is 26.8 Å². The van der Waals surface area contributed by atoms with Crippen LogP contribution in [0.2, 0.25) is 0 Å². The van der Waals surface area contributed by atoms with Gasteiger partial charge >= 0.3 is 6.09 Å². The van der Waals surface area contributed by atoms with E-state index < -0.39 is 5.60 Å². The van der Waals surface area contributed by atoms with E-state index in [2.05, 4.69) is 6.92 Å². The number of amides is 1. The fourth-order valence-corrected chi connectivity index (χ4v) is 1.25. The van der Waals surface area contributed by atoms with E-state index in [4.69, 9.17) is 9.47 Å². The molecule has 4 heteroatoms. The third-order valence-corrected chi connectivity index (χ3v) is 2.27. The van der Waals surface area contributed by atoms with Crippen molar-refractivity contribution in [3.8, 4) is 0 Å². The highest BCUT2D eigenvalue weighted by atomic mass is 16.6. The Balaban J connectivity index is 3.85. The normalized spacial score (nSPS) is 13.3. The molecule has 0 N–H and O–H groups in total. The predicted molar refractivity (Wildman–Crippen MR) is 69.1 cm³/mol. The number of carbonyl (C=O) groups excluding carboxylic acids is 1. The summed E-state index contributed by atoms with van der Waals surface area (Å²) in [6, 6.07) is 0. The van der Waals surface area contributed by atoms with Crippen LogP contribution in [0, 0.1) is 5.92 Å². The summed E-state index contributed by atoms with van der Waals surface area (Å²) in [6.07, 6.45) is 0.663. The molecule has 0 rings (SSSR count). The zero-order valence-electron chi connectivity index (χ0n) is 12.1. The van der Waals surface area contributed by atoms with Crippen LogP contribution in [0.25, 0.3) is 0 Å². The molecule has 1 amide bonds. The Bertz CT molecular complexity index is 223. The smallest absolute Gasteiger partial charge is 0.410 e. The average molecular weight is 245 g/mol. The highest BCUT2D eigenvalue weighted by Gasteiger charge is 2.19. The van der Waals surface area contributed by atoms with Gasteiger partial charge in [0.1, 0.15) is 5.60 Å². The Morgan fingerprint density at radius 3 is 2.41 bits per heavy atom. The molecule has 0 aromatic heterocycles. The quantitative estimate of drug-likeness (QED) is 0.722. The van der Waals surface area contributed by atoms with Gasteiger partial charge in [0.15, 0.2) is 0 Å². The van der Waals surface area contributed by atoms with Gasteiger partial charge in [-0.25, -0.2) is 4.79 Å². The third kappa shape index (κ3) is 8.98. The summed E-state index contributed by atoms with van der Waals surface area (Å²) in [6.45, 7) is 11.9. The van der Waals surface area contributed by atoms with Crippen molar-refractivity contribution in [1.29, 1.82) is 0 Å². The molecule has 0 spiro atoms. The summed E-state index contributed by atoms with van der Waals surface area (Å²) < 4.78 is 10.6. The third-order valence-electron chi connectivity index (χ3n) is 2.27. The first-order chi connectivity index (χ1) is 7.76. The number of nitrogens with zero attached hydrogens (tertiary/aromatic N) is 1. The minimum absolute atomic E-state index is 0.263. The Morgan fingerprint density at radius 1 is 1.35 bits per heavy atom. The highest BCUT2D eigenvalue weighted by molar-refractivity contribution is 5.67. The topological polar surface area (TPSA) is 38.8 Å². The van der Waals surface area contributed by atoms with Crippen LogP contribution in [0.15, 0.2) is 0 Å². The molecule has 0 saturated carbocycles. The molecule has 0 fully saturated rings. The van der Waals surface area contributed by atoms with Gasteiger partial charge in [-0.15, -0.1) is 0 Å². The standard InChI is InChI=1S/C13H27NO3/c1-7-16-10-11(2)8-9-14(6)12(15)17-13(3,4)5/h11H,7-10H2,1-6H3. The predicted octanol–water partition coefficient (Wildman–Crippen LogP) is 2.92. The average Bonchev–Trinajstić information content (AvgIpc) is 2.20. The van der Waals surface area contributed by atoms with Crippen molar-refractivity contribution >= 4 is 6.09 Å². The minimum Gasteiger partial charge on any atom is -0.444 e. The van der Waals surface area contributed by atoms with Gasteiger partial charge in [0, 0.05) is 26.8 Å². The van der Waals surface area contributed by atoms with Gasteiger partial charge in [0.05, 0.1) is 0 Å². The van der Waals surface area contributed by atoms with Crippen LogP contribution in [-0.2, 0) is 9.47 Å². The van der Waals surface area contributed by atoms with Gasteiger partial charge in [-0.1, -0.05) is 6.92 Å². The summed E-state index contributed by atoms with van der Waals surface area (Å²) in [5, 5.41) is 0. The molecular formula is C13H27NO3. The summed E-state index contributed by atoms with van der Waals surface area (Å²) in [4.78, 5) is 13.3. The minimum atomic E-state index is -0.428. The van der Waals surface area contributed by atoms with E-state index in [1.165, 1.54) is 0 Å². The van der Waals surface area contributed by atoms with Crippen molar-refractivity contribution in [1.82, 2.24) is 4.90 Å². The molecule has 1 atom stereocenters. The molecule has 0 aliphatic heterocycles. The van der Waals surface area contributed by atoms with E-state index in [0.29, 0.717) is 12.5 Å². The van der Waals surface area contributed by atoms with Gasteiger partial charge < -0.3 is 14.4 Å². The molecule has 0 saturated heterocycles. The van der Waals surface area contributed by atoms with Crippen LogP contribution in [0.3, 0.4) is 0 Å². The van der Waals surface area contributed by atoms with E-state index in [0.717, 1.165) is 19.6 Å². The maximum atomic E-state index is 11.7. The second-order valence-electron chi connectivity index (χ2n) is 5.46. The fraction of sp³-hybridized carbons (Fsp3) is 0.923. The number of hydrogen-bond donors (Lipinski definition) is 0. The molecule has 0 aromatic rings. The van der Waals surface area contributed by atoms with Crippen LogP contribution in [0.1, 0.15) is 41.0 Å². The number of carbonyl (C=O) groups is 1. The maximum Gasteiger partial charge on any atom is 0.410 e. The first-order valence-electron chi connectivity index (χ1n) is 6.28. The molecule has 1 unspecified atom stereocenters. The first kappa shape index (κ1) is 16.2. The molecule has 0 bridgehead atoms. The lowest BCUT2D eigenvalue weighted by atomic mass is 10.1. The molecule has 102 valence electrons. The number of hydrogen-bond acceptors (Lipinski definition) is 3. The lowest BCUT2D eigenvalue weighted by molar-refractivity contribution is 0.0280. The van der Waals surface area contributed by atoms with E-state index >= 15 is 0 Å². The molecule has 0 aliphatic carbocycles. The summed E-state index contributed by atoms with van der Waals surface area (Å²) in [5.74, 6) is 0.458. The van der Waals surface area contributed by atoms with Crippen molar-refractivity contribution in [3.63, 3.8) is 0 Å². The lowest BCUT2D eigenvalue weighted by Gasteiger charge is -2.25. The van der Waals surface area contributed by atoms with Crippen molar-refractivity contribution in [2.45, 2.75) is 46.6 Å². The summed E-state index contributed by atoms with van der Waals surface area (Å²) in [7, 11) is 1.77. The monoisotopic (exact) mass is 245 g/mol. The Labute approximate surface area is 105 Å². The zero-order valence-corrected chi connectivity index (χ0v) is 12.1. The fourth-order valence-electron chi connectivity index (χ4n) is 1.25. The van der Waals surface area contributed by atoms with Crippen molar-refractivity contribution in [2.24, 2.45) is 5.92 Å². The van der Waals surface area contributed by atoms with Crippen molar-refractivity contribution in [3.05, 3.63) is 0 Å². The largest absolute Gasteiger partial charge is 0.444 e. The maximum absolute atomic E-state index is 11.7. The van der Waals surface area contributed by atoms with Crippen LogP contribution < -0.4 is 0 Å². The molecule has 0 aliphatic rings. The van der Waals surface area contributed by atoms with Crippen LogP contribution in [0.4, 0.5) is 4.79 Å². The number of ether oxygens (including phenoxy) is 2. The second kappa shape index (κ2) is 7.54. The van der Waals surface area contributed by atoms with E-state index in [9.17, 15) is 4.79 Å². The Hall–Kier alpha value is -0.770. The van der Waals surface area contributed by atoms with Crippen LogP contribution >= 0.6 is 0 Å². The lowest BCUT2D eigenvalue weighted by Crippen LogP contribution is -2.35. The molecule has 17 heavy (non-hydrogen) atoms. The molecule has 4 nitrogen and oxygen atoms in total. The van der Waals surface area contributed by atoms with Gasteiger partial charge in [0.2, 0.25) is 0 Å². The Morgan fingerprint density at radius 2 is 1.94 bits per heavy atom. The van der Waals surface area contributed by atoms with Gasteiger partial charge in [-0.05, 0) is 40.0 Å². The van der Waals surface area contributed by atoms with Crippen LogP contribution in [0.5, 0.6) is 0 Å². The molecule has 0 radical (unpaired) electrons. The van der Waals surface area contributed by atoms with E-state index in [1.54, 1.807) is 11.9 Å². The Kier molecular flexibility index (Phi) is 7.19. The first-order valence-corrected chi connectivity index (χ1v) is 6.28. The highest BCUT2D eigenvalue weighted by Crippen LogP contribution is 2.10. The molecule has 0 heterocycles. The van der Waals surface area contributed by atoms with Crippen LogP contribution in [-0.4, -0.2) is 43.4 Å². The van der Waals surface area contributed by atoms with Gasteiger partial charge in [-0.2, -0.15) is 0 Å². The van der Waals surface area contributed by atoms with E-state index in [-0.39, 0.29) is 6.09 Å². The summed E-state index contributed by atoms with van der Waals surface area (Å²) >= 11 is 0. The van der Waals surface area contributed by atoms with E-state index in [1.807, 2.05) is 27.7 Å². The number of rotatable bonds is 6. The zero-order chi connectivity index (χ0) is 13.5.